The first kappa shape index (κ1) is 16.1. The first-order valence-electron chi connectivity index (χ1n) is 7.70. The van der Waals surface area contributed by atoms with Crippen molar-refractivity contribution >= 4 is 5.78 Å². The van der Waals surface area contributed by atoms with Crippen molar-refractivity contribution in [2.24, 2.45) is 11.7 Å². The van der Waals surface area contributed by atoms with Gasteiger partial charge in [0.05, 0.1) is 0 Å². The summed E-state index contributed by atoms with van der Waals surface area (Å²) in [6.07, 6.45) is 2.82. The highest BCUT2D eigenvalue weighted by Gasteiger charge is 2.17. The van der Waals surface area contributed by atoms with E-state index in [4.69, 9.17) is 15.2 Å². The first-order chi connectivity index (χ1) is 10.1. The van der Waals surface area contributed by atoms with Crippen LogP contribution in [0.5, 0.6) is 0 Å². The average molecular weight is 291 g/mol. The lowest BCUT2D eigenvalue weighted by molar-refractivity contribution is -0.155. The number of carbonyl (C=O) groups excluding carboxylic acids is 1. The normalized spacial score (nSPS) is 20.5. The maximum absolute atomic E-state index is 12.1. The minimum atomic E-state index is -0.226. The topological polar surface area (TPSA) is 61.6 Å². The van der Waals surface area contributed by atoms with Crippen molar-refractivity contribution in [2.45, 2.75) is 45.4 Å². The van der Waals surface area contributed by atoms with Gasteiger partial charge in [-0.05, 0) is 30.7 Å². The summed E-state index contributed by atoms with van der Waals surface area (Å²) in [5, 5.41) is 0. The summed E-state index contributed by atoms with van der Waals surface area (Å²) in [4.78, 5) is 12.1. The van der Waals surface area contributed by atoms with Crippen LogP contribution in [-0.2, 0) is 9.47 Å². The molecule has 2 rings (SSSR count). The summed E-state index contributed by atoms with van der Waals surface area (Å²) in [5.74, 6) is 0.354. The van der Waals surface area contributed by atoms with E-state index in [0.29, 0.717) is 11.5 Å². The van der Waals surface area contributed by atoms with Crippen LogP contribution in [0.15, 0.2) is 24.3 Å². The van der Waals surface area contributed by atoms with Gasteiger partial charge >= 0.3 is 0 Å². The zero-order valence-corrected chi connectivity index (χ0v) is 12.9. The van der Waals surface area contributed by atoms with Crippen LogP contribution in [0.3, 0.4) is 0 Å². The van der Waals surface area contributed by atoms with Gasteiger partial charge in [-0.15, -0.1) is 0 Å². The van der Waals surface area contributed by atoms with Crippen molar-refractivity contribution in [1.29, 1.82) is 0 Å². The molecule has 2 atom stereocenters. The molecule has 0 amide bonds. The third-order valence-corrected chi connectivity index (χ3v) is 3.87. The minimum absolute atomic E-state index is 0.000964. The maximum Gasteiger partial charge on any atom is 0.188 e. The number of carbonyl (C=O) groups is 1. The summed E-state index contributed by atoms with van der Waals surface area (Å²) >= 11 is 0. The van der Waals surface area contributed by atoms with E-state index < -0.39 is 0 Å². The van der Waals surface area contributed by atoms with Crippen LogP contribution in [0.4, 0.5) is 0 Å². The van der Waals surface area contributed by atoms with Gasteiger partial charge in [0, 0.05) is 18.2 Å². The molecule has 1 aromatic carbocycles. The molecule has 0 spiro atoms. The second-order valence-electron chi connectivity index (χ2n) is 5.92. The predicted molar refractivity (Wildman–Crippen MR) is 82.1 cm³/mol. The number of Topliss-reactive ketones (excluding diaryl/α,β-unsaturated/α-hetero) is 1. The van der Waals surface area contributed by atoms with Crippen LogP contribution in [0.25, 0.3) is 0 Å². The molecule has 1 aromatic rings. The molecule has 116 valence electrons. The lowest BCUT2D eigenvalue weighted by atomic mass is 9.96. The smallest absolute Gasteiger partial charge is 0.188 e. The molecule has 0 bridgehead atoms. The molecule has 0 radical (unpaired) electrons. The summed E-state index contributed by atoms with van der Waals surface area (Å²) in [6.45, 7) is 4.96. The summed E-state index contributed by atoms with van der Waals surface area (Å²) in [7, 11) is 0. The highest BCUT2D eigenvalue weighted by molar-refractivity contribution is 5.97. The molecule has 0 aliphatic carbocycles. The van der Waals surface area contributed by atoms with Crippen LogP contribution in [0.2, 0.25) is 0 Å². The molecule has 1 unspecified atom stereocenters. The van der Waals surface area contributed by atoms with Crippen molar-refractivity contribution in [3.63, 3.8) is 0 Å². The molecule has 1 heterocycles. The van der Waals surface area contributed by atoms with Crippen molar-refractivity contribution in [3.05, 3.63) is 35.4 Å². The lowest BCUT2D eigenvalue weighted by Gasteiger charge is -2.22. The third-order valence-electron chi connectivity index (χ3n) is 3.87. The highest BCUT2D eigenvalue weighted by atomic mass is 16.7. The van der Waals surface area contributed by atoms with E-state index in [0.717, 1.165) is 31.4 Å². The van der Waals surface area contributed by atoms with Gasteiger partial charge in [-0.3, -0.25) is 4.79 Å². The number of ketones is 1. The summed E-state index contributed by atoms with van der Waals surface area (Å²) < 4.78 is 11.0. The van der Waals surface area contributed by atoms with Gasteiger partial charge in [0.1, 0.15) is 6.61 Å². The second-order valence-corrected chi connectivity index (χ2v) is 5.92. The van der Waals surface area contributed by atoms with E-state index in [1.54, 1.807) is 0 Å². The number of ether oxygens (including phenoxy) is 2. The molecule has 4 nitrogen and oxygen atoms in total. The van der Waals surface area contributed by atoms with Crippen LogP contribution in [-0.4, -0.2) is 25.3 Å². The summed E-state index contributed by atoms with van der Waals surface area (Å²) in [6, 6.07) is 7.50. The van der Waals surface area contributed by atoms with E-state index in [1.165, 1.54) is 0 Å². The van der Waals surface area contributed by atoms with Gasteiger partial charge in [0.25, 0.3) is 0 Å². The molecule has 1 aliphatic heterocycles. The predicted octanol–water partition coefficient (Wildman–Crippen LogP) is 3.07. The maximum atomic E-state index is 12.1. The van der Waals surface area contributed by atoms with Crippen LogP contribution < -0.4 is 5.73 Å². The van der Waals surface area contributed by atoms with E-state index in [9.17, 15) is 4.79 Å². The van der Waals surface area contributed by atoms with Crippen molar-refractivity contribution in [3.8, 4) is 0 Å². The van der Waals surface area contributed by atoms with Gasteiger partial charge in [-0.25, -0.2) is 0 Å². The Balaban J connectivity index is 1.87. The van der Waals surface area contributed by atoms with E-state index in [2.05, 4.69) is 13.8 Å². The second kappa shape index (κ2) is 7.69. The van der Waals surface area contributed by atoms with Gasteiger partial charge < -0.3 is 15.2 Å². The molecule has 21 heavy (non-hydrogen) atoms. The minimum Gasteiger partial charge on any atom is -0.353 e. The Bertz CT molecular complexity index is 450. The van der Waals surface area contributed by atoms with Crippen molar-refractivity contribution in [2.75, 3.05) is 13.2 Å². The van der Waals surface area contributed by atoms with Gasteiger partial charge in [-0.1, -0.05) is 38.1 Å². The SMILES string of the molecule is CC(C)[C@H](N)c1ccc(C(=O)COC2CCCCO2)cc1. The molecule has 1 saturated heterocycles. The number of nitrogens with two attached hydrogens (primary N) is 1. The Morgan fingerprint density at radius 3 is 2.62 bits per heavy atom. The molecule has 4 heteroatoms. The van der Waals surface area contributed by atoms with Crippen LogP contribution in [0.1, 0.15) is 55.1 Å². The standard InChI is InChI=1S/C17H25NO3/c1-12(2)17(18)14-8-6-13(7-9-14)15(19)11-21-16-5-3-4-10-20-16/h6-9,12,16-17H,3-5,10-11,18H2,1-2H3/t16?,17-/m0/s1. The lowest BCUT2D eigenvalue weighted by Crippen LogP contribution is -2.25. The number of hydrogen-bond donors (Lipinski definition) is 1. The molecular formula is C17H25NO3. The van der Waals surface area contributed by atoms with Crippen LogP contribution >= 0.6 is 0 Å². The fourth-order valence-electron chi connectivity index (χ4n) is 2.37. The Kier molecular flexibility index (Phi) is 5.91. The van der Waals surface area contributed by atoms with Gasteiger partial charge in [0.2, 0.25) is 0 Å². The Labute approximate surface area is 126 Å². The average Bonchev–Trinajstić information content (AvgIpc) is 2.53. The molecule has 1 aliphatic rings. The highest BCUT2D eigenvalue weighted by Crippen LogP contribution is 2.19. The molecular weight excluding hydrogens is 266 g/mol. The monoisotopic (exact) mass is 291 g/mol. The number of benzene rings is 1. The van der Waals surface area contributed by atoms with Crippen molar-refractivity contribution in [1.82, 2.24) is 0 Å². The third kappa shape index (κ3) is 4.63. The van der Waals surface area contributed by atoms with Crippen LogP contribution in [0, 0.1) is 5.92 Å². The first-order valence-corrected chi connectivity index (χ1v) is 7.70. The van der Waals surface area contributed by atoms with E-state index in [1.807, 2.05) is 24.3 Å². The van der Waals surface area contributed by atoms with Gasteiger partial charge in [-0.2, -0.15) is 0 Å². The van der Waals surface area contributed by atoms with E-state index in [-0.39, 0.29) is 24.7 Å². The zero-order valence-electron chi connectivity index (χ0n) is 12.9. The van der Waals surface area contributed by atoms with E-state index >= 15 is 0 Å². The Morgan fingerprint density at radius 2 is 2.05 bits per heavy atom. The fraction of sp³-hybridized carbons (Fsp3) is 0.588. The number of rotatable bonds is 6. The quantitative estimate of drug-likeness (QED) is 0.818. The van der Waals surface area contributed by atoms with Crippen molar-refractivity contribution < 1.29 is 14.3 Å². The zero-order chi connectivity index (χ0) is 15.2. The molecule has 1 fully saturated rings. The molecule has 0 saturated carbocycles. The Hall–Kier alpha value is -1.23. The molecule has 0 aromatic heterocycles. The van der Waals surface area contributed by atoms with Gasteiger partial charge in [0.15, 0.2) is 12.1 Å². The summed E-state index contributed by atoms with van der Waals surface area (Å²) in [5.41, 5.74) is 7.81. The number of hydrogen-bond acceptors (Lipinski definition) is 4. The largest absolute Gasteiger partial charge is 0.353 e. The fourth-order valence-corrected chi connectivity index (χ4v) is 2.37. The Morgan fingerprint density at radius 1 is 1.33 bits per heavy atom. The molecule has 2 N–H and O–H groups in total.